The van der Waals surface area contributed by atoms with Gasteiger partial charge in [-0.05, 0) is 46.2 Å². The van der Waals surface area contributed by atoms with Gasteiger partial charge in [-0.15, -0.1) is 0 Å². The van der Waals surface area contributed by atoms with Crippen LogP contribution in [0.25, 0.3) is 16.8 Å². The maximum absolute atomic E-state index is 12.3. The summed E-state index contributed by atoms with van der Waals surface area (Å²) in [6.45, 7) is 9.33. The Hall–Kier alpha value is -2.89. The van der Waals surface area contributed by atoms with Crippen molar-refractivity contribution in [2.45, 2.75) is 40.2 Å². The van der Waals surface area contributed by atoms with Crippen molar-refractivity contribution < 1.29 is 23.7 Å². The Balaban J connectivity index is 2.78. The van der Waals surface area contributed by atoms with Gasteiger partial charge in [-0.2, -0.15) is 0 Å². The maximum Gasteiger partial charge on any atom is 0.412 e. The number of anilines is 1. The molecule has 0 saturated carbocycles. The first-order valence-electron chi connectivity index (χ1n) is 9.05. The fourth-order valence-electron chi connectivity index (χ4n) is 3.17. The van der Waals surface area contributed by atoms with E-state index in [9.17, 15) is 4.79 Å². The average Bonchev–Trinajstić information content (AvgIpc) is 2.59. The Morgan fingerprint density at radius 2 is 1.68 bits per heavy atom. The Kier molecular flexibility index (Phi) is 6.44. The van der Waals surface area contributed by atoms with Crippen LogP contribution in [0.15, 0.2) is 18.2 Å². The first kappa shape index (κ1) is 21.4. The number of fused-ring (bicyclic) bond motifs is 1. The van der Waals surface area contributed by atoms with Gasteiger partial charge in [0.15, 0.2) is 5.75 Å². The highest BCUT2D eigenvalue weighted by atomic mass is 16.6. The fraction of sp³-hybridized carbons (Fsp3) is 0.409. The third kappa shape index (κ3) is 4.32. The van der Waals surface area contributed by atoms with Crippen LogP contribution in [0.4, 0.5) is 10.5 Å². The molecule has 2 rings (SSSR count). The van der Waals surface area contributed by atoms with Crippen molar-refractivity contribution >= 4 is 28.6 Å². The zero-order valence-corrected chi connectivity index (χ0v) is 17.9. The molecule has 0 aromatic heterocycles. The molecule has 152 valence electrons. The van der Waals surface area contributed by atoms with E-state index in [0.717, 1.165) is 27.6 Å². The predicted octanol–water partition coefficient (Wildman–Crippen LogP) is 5.55. The Labute approximate surface area is 166 Å². The predicted molar refractivity (Wildman–Crippen MR) is 113 cm³/mol. The molecule has 0 fully saturated rings. The lowest BCUT2D eigenvalue weighted by Crippen LogP contribution is -2.27. The van der Waals surface area contributed by atoms with Crippen molar-refractivity contribution in [3.05, 3.63) is 29.3 Å². The molecule has 0 atom stereocenters. The van der Waals surface area contributed by atoms with E-state index in [4.69, 9.17) is 18.9 Å². The molecular weight excluding hydrogens is 358 g/mol. The number of nitrogens with one attached hydrogen (secondary N) is 1. The number of amides is 1. The first-order chi connectivity index (χ1) is 13.2. The molecule has 0 bridgehead atoms. The summed E-state index contributed by atoms with van der Waals surface area (Å²) in [4.78, 5) is 12.3. The summed E-state index contributed by atoms with van der Waals surface area (Å²) in [6.07, 6.45) is 3.35. The number of rotatable bonds is 5. The van der Waals surface area contributed by atoms with Gasteiger partial charge in [0, 0.05) is 22.4 Å². The topological polar surface area (TPSA) is 66.0 Å². The van der Waals surface area contributed by atoms with Crippen molar-refractivity contribution in [1.82, 2.24) is 0 Å². The van der Waals surface area contributed by atoms with Crippen LogP contribution in [-0.2, 0) is 4.74 Å². The zero-order chi connectivity index (χ0) is 21.1. The molecule has 0 aliphatic carbocycles. The molecule has 0 unspecified atom stereocenters. The number of benzene rings is 2. The second-order valence-corrected chi connectivity index (χ2v) is 7.35. The lowest BCUT2D eigenvalue weighted by Gasteiger charge is -2.22. The lowest BCUT2D eigenvalue weighted by molar-refractivity contribution is 0.0635. The maximum atomic E-state index is 12.3. The van der Waals surface area contributed by atoms with E-state index in [1.165, 1.54) is 0 Å². The van der Waals surface area contributed by atoms with Gasteiger partial charge in [-0.1, -0.05) is 12.2 Å². The lowest BCUT2D eigenvalue weighted by atomic mass is 9.97. The van der Waals surface area contributed by atoms with Gasteiger partial charge in [-0.25, -0.2) is 4.79 Å². The molecule has 1 N–H and O–H groups in total. The quantitative estimate of drug-likeness (QED) is 0.728. The summed E-state index contributed by atoms with van der Waals surface area (Å²) < 4.78 is 22.3. The zero-order valence-electron chi connectivity index (χ0n) is 17.9. The third-order valence-corrected chi connectivity index (χ3v) is 4.11. The van der Waals surface area contributed by atoms with Gasteiger partial charge in [-0.3, -0.25) is 5.32 Å². The van der Waals surface area contributed by atoms with Crippen molar-refractivity contribution in [2.75, 3.05) is 26.6 Å². The largest absolute Gasteiger partial charge is 0.496 e. The van der Waals surface area contributed by atoms with E-state index in [0.29, 0.717) is 17.2 Å². The average molecular weight is 387 g/mol. The van der Waals surface area contributed by atoms with E-state index in [-0.39, 0.29) is 0 Å². The van der Waals surface area contributed by atoms with Gasteiger partial charge in [0.2, 0.25) is 0 Å². The molecule has 0 spiro atoms. The number of methoxy groups -OCH3 is 3. The van der Waals surface area contributed by atoms with Crippen LogP contribution < -0.4 is 19.5 Å². The monoisotopic (exact) mass is 387 g/mol. The number of hydrogen-bond acceptors (Lipinski definition) is 5. The van der Waals surface area contributed by atoms with Crippen molar-refractivity contribution in [1.29, 1.82) is 0 Å². The van der Waals surface area contributed by atoms with E-state index < -0.39 is 11.7 Å². The number of carbonyl (C=O) groups is 1. The van der Waals surface area contributed by atoms with Crippen LogP contribution in [0.2, 0.25) is 0 Å². The second-order valence-electron chi connectivity index (χ2n) is 7.35. The van der Waals surface area contributed by atoms with E-state index in [1.807, 2.05) is 52.8 Å². The third-order valence-electron chi connectivity index (χ3n) is 4.11. The number of allylic oxidation sites excluding steroid dienone is 1. The van der Waals surface area contributed by atoms with Crippen LogP contribution in [0.1, 0.15) is 38.8 Å². The molecular formula is C22H29NO5. The molecule has 1 amide bonds. The first-order valence-corrected chi connectivity index (χ1v) is 9.05. The fourth-order valence-corrected chi connectivity index (χ4v) is 3.17. The normalized spacial score (nSPS) is 11.6. The highest BCUT2D eigenvalue weighted by molar-refractivity contribution is 6.06. The molecule has 2 aromatic carbocycles. The van der Waals surface area contributed by atoms with Crippen LogP contribution in [-0.4, -0.2) is 33.0 Å². The number of carbonyl (C=O) groups excluding carboxylic acids is 1. The van der Waals surface area contributed by atoms with Crippen molar-refractivity contribution in [3.63, 3.8) is 0 Å². The smallest absolute Gasteiger partial charge is 0.412 e. The number of ether oxygens (including phenoxy) is 4. The van der Waals surface area contributed by atoms with E-state index >= 15 is 0 Å². The van der Waals surface area contributed by atoms with Gasteiger partial charge < -0.3 is 18.9 Å². The van der Waals surface area contributed by atoms with Crippen LogP contribution >= 0.6 is 0 Å². The molecule has 0 aliphatic heterocycles. The molecule has 0 radical (unpaired) electrons. The van der Waals surface area contributed by atoms with E-state index in [1.54, 1.807) is 27.4 Å². The molecule has 0 aliphatic rings. The Morgan fingerprint density at radius 1 is 1.04 bits per heavy atom. The van der Waals surface area contributed by atoms with Crippen molar-refractivity contribution in [3.8, 4) is 17.2 Å². The van der Waals surface area contributed by atoms with Crippen LogP contribution in [0.3, 0.4) is 0 Å². The van der Waals surface area contributed by atoms with Crippen molar-refractivity contribution in [2.24, 2.45) is 0 Å². The standard InChI is InChI=1S/C22H29NO5/c1-9-10-14-18-15(11-13(2)19(14)26-7)20(27-8)16(12-17(18)25-6)23-21(24)28-22(3,4)5/h9-12H,1-8H3,(H,23,24)/b10-9+. The molecule has 6 heteroatoms. The summed E-state index contributed by atoms with van der Waals surface area (Å²) in [6, 6.07) is 3.69. The molecule has 6 nitrogen and oxygen atoms in total. The van der Waals surface area contributed by atoms with Crippen LogP contribution in [0.5, 0.6) is 17.2 Å². The summed E-state index contributed by atoms with van der Waals surface area (Å²) in [5.74, 6) is 1.88. The minimum Gasteiger partial charge on any atom is -0.496 e. The minimum atomic E-state index is -0.610. The highest BCUT2D eigenvalue weighted by Crippen LogP contribution is 2.46. The van der Waals surface area contributed by atoms with Gasteiger partial charge >= 0.3 is 6.09 Å². The Morgan fingerprint density at radius 3 is 2.18 bits per heavy atom. The number of aryl methyl sites for hydroxylation is 1. The minimum absolute atomic E-state index is 0.470. The van der Waals surface area contributed by atoms with Gasteiger partial charge in [0.25, 0.3) is 0 Å². The summed E-state index contributed by atoms with van der Waals surface area (Å²) in [7, 11) is 4.80. The molecule has 0 heterocycles. The molecule has 2 aromatic rings. The highest BCUT2D eigenvalue weighted by Gasteiger charge is 2.23. The molecule has 0 saturated heterocycles. The second kappa shape index (κ2) is 8.42. The summed E-state index contributed by atoms with van der Waals surface area (Å²) >= 11 is 0. The SMILES string of the molecule is C/C=C/c1c(OC)c(C)cc2c(OC)c(NC(=O)OC(C)(C)C)cc(OC)c12. The summed E-state index contributed by atoms with van der Waals surface area (Å²) in [5, 5.41) is 4.42. The number of hydrogen-bond donors (Lipinski definition) is 1. The van der Waals surface area contributed by atoms with Crippen LogP contribution in [0, 0.1) is 6.92 Å². The van der Waals surface area contributed by atoms with E-state index in [2.05, 4.69) is 5.32 Å². The molecule has 28 heavy (non-hydrogen) atoms. The Bertz CT molecular complexity index is 910. The summed E-state index contributed by atoms with van der Waals surface area (Å²) in [5.41, 5.74) is 1.69. The van der Waals surface area contributed by atoms with Gasteiger partial charge in [0.1, 0.15) is 17.1 Å². The van der Waals surface area contributed by atoms with Gasteiger partial charge in [0.05, 0.1) is 27.0 Å².